The normalized spacial score (nSPS) is 19.2. The van der Waals surface area contributed by atoms with Crippen molar-refractivity contribution in [1.29, 1.82) is 0 Å². The van der Waals surface area contributed by atoms with Crippen molar-refractivity contribution in [2.75, 3.05) is 23.1 Å². The van der Waals surface area contributed by atoms with Crippen molar-refractivity contribution in [3.8, 4) is 0 Å². The van der Waals surface area contributed by atoms with E-state index in [9.17, 15) is 12.8 Å². The average Bonchev–Trinajstić information content (AvgIpc) is 3.14. The molecule has 0 amide bonds. The molecule has 2 aromatic rings. The molecular weight excluding hydrogens is 427 g/mol. The number of nitrogens with two attached hydrogens (primary N) is 1. The molecule has 1 aliphatic rings. The first kappa shape index (κ1) is 21.2. The van der Waals surface area contributed by atoms with E-state index in [2.05, 4.69) is 24.7 Å². The number of hydrogen-bond donors (Lipinski definition) is 4. The molecule has 3 rings (SSSR count). The molecule has 8 nitrogen and oxygen atoms in total. The second kappa shape index (κ2) is 9.31. The van der Waals surface area contributed by atoms with E-state index in [1.807, 2.05) is 0 Å². The van der Waals surface area contributed by atoms with E-state index in [0.29, 0.717) is 18.3 Å². The molecule has 1 fully saturated rings. The second-order valence-electron chi connectivity index (χ2n) is 6.55. The van der Waals surface area contributed by atoms with Crippen LogP contribution >= 0.6 is 23.1 Å². The lowest BCUT2D eigenvalue weighted by Crippen LogP contribution is -2.53. The Bertz CT molecular complexity index is 897. The first-order valence-corrected chi connectivity index (χ1v) is 11.5. The van der Waals surface area contributed by atoms with Crippen molar-refractivity contribution < 1.29 is 12.8 Å². The van der Waals surface area contributed by atoms with E-state index in [1.165, 1.54) is 6.33 Å². The van der Waals surface area contributed by atoms with E-state index >= 15 is 0 Å². The molecule has 12 heteroatoms. The van der Waals surface area contributed by atoms with Gasteiger partial charge in [-0.2, -0.15) is 4.37 Å². The van der Waals surface area contributed by atoms with Gasteiger partial charge in [0.2, 0.25) is 5.13 Å². The molecule has 1 aromatic carbocycles. The lowest BCUT2D eigenvalue weighted by atomic mass is 9.87. The molecule has 1 heterocycles. The Labute approximate surface area is 172 Å². The van der Waals surface area contributed by atoms with Crippen molar-refractivity contribution >= 4 is 44.0 Å². The van der Waals surface area contributed by atoms with Gasteiger partial charge in [-0.15, -0.1) is 0 Å². The molecule has 0 aliphatic heterocycles. The monoisotopic (exact) mass is 448 g/mol. The first-order chi connectivity index (χ1) is 13.4. The molecule has 1 saturated carbocycles. The molecule has 154 valence electrons. The summed E-state index contributed by atoms with van der Waals surface area (Å²) in [6.45, 7) is 1.46. The van der Waals surface area contributed by atoms with Gasteiger partial charge >= 0.3 is 0 Å². The average molecular weight is 449 g/mol. The van der Waals surface area contributed by atoms with Gasteiger partial charge in [0.1, 0.15) is 17.0 Å². The van der Waals surface area contributed by atoms with Crippen LogP contribution in [0.3, 0.4) is 0 Å². The standard InChI is InChI=1S/C16H22ClFN6O2S2/c17-10-7-15(28(25,26)24-16-22-9-23-27-16)11(18)8-14(10)21-6-2-1-5-20-13-4-3-12(13)19/h7-9,12-13,20-21H,1-6,19H2,(H,22,23,24). The van der Waals surface area contributed by atoms with Crippen LogP contribution in [-0.4, -0.2) is 42.9 Å². The molecule has 0 radical (unpaired) electrons. The summed E-state index contributed by atoms with van der Waals surface area (Å²) in [7, 11) is -4.14. The Morgan fingerprint density at radius 1 is 1.29 bits per heavy atom. The molecule has 0 bridgehead atoms. The number of hydrogen-bond acceptors (Lipinski definition) is 8. The summed E-state index contributed by atoms with van der Waals surface area (Å²) in [4.78, 5) is 3.18. The van der Waals surface area contributed by atoms with Crippen LogP contribution < -0.4 is 21.1 Å². The van der Waals surface area contributed by atoms with Gasteiger partial charge in [0, 0.05) is 30.2 Å². The summed E-state index contributed by atoms with van der Waals surface area (Å²) >= 11 is 6.99. The van der Waals surface area contributed by atoms with Crippen LogP contribution in [0.4, 0.5) is 15.2 Å². The Morgan fingerprint density at radius 3 is 2.71 bits per heavy atom. The highest BCUT2D eigenvalue weighted by molar-refractivity contribution is 7.93. The van der Waals surface area contributed by atoms with Crippen LogP contribution in [0.2, 0.25) is 5.02 Å². The summed E-state index contributed by atoms with van der Waals surface area (Å²) < 4.78 is 44.9. The number of nitrogens with zero attached hydrogens (tertiary/aromatic N) is 2. The summed E-state index contributed by atoms with van der Waals surface area (Å²) in [6, 6.07) is 2.85. The minimum Gasteiger partial charge on any atom is -0.384 e. The Hall–Kier alpha value is -1.53. The lowest BCUT2D eigenvalue weighted by Gasteiger charge is -2.34. The number of unbranched alkanes of at least 4 members (excludes halogenated alkanes) is 1. The molecule has 2 unspecified atom stereocenters. The van der Waals surface area contributed by atoms with E-state index < -0.39 is 20.7 Å². The molecule has 0 spiro atoms. The zero-order valence-electron chi connectivity index (χ0n) is 15.0. The quantitative estimate of drug-likeness (QED) is 0.411. The zero-order valence-corrected chi connectivity index (χ0v) is 17.4. The van der Waals surface area contributed by atoms with Gasteiger partial charge in [0.05, 0.1) is 10.7 Å². The third-order valence-corrected chi connectivity index (χ3v) is 6.92. The van der Waals surface area contributed by atoms with Crippen LogP contribution in [0.5, 0.6) is 0 Å². The van der Waals surface area contributed by atoms with Crippen LogP contribution in [0.15, 0.2) is 23.4 Å². The molecule has 2 atom stereocenters. The number of nitrogens with one attached hydrogen (secondary N) is 3. The fourth-order valence-electron chi connectivity index (χ4n) is 2.80. The van der Waals surface area contributed by atoms with Gasteiger partial charge in [-0.3, -0.25) is 4.72 Å². The SMILES string of the molecule is NC1CCC1NCCCCNc1cc(F)c(S(=O)(=O)Nc2ncns2)cc1Cl. The predicted molar refractivity (Wildman–Crippen MR) is 109 cm³/mol. The fraction of sp³-hybridized carbons (Fsp3) is 0.500. The van der Waals surface area contributed by atoms with Crippen LogP contribution in [0.25, 0.3) is 0 Å². The maximum atomic E-state index is 14.4. The van der Waals surface area contributed by atoms with Gasteiger partial charge in [-0.05, 0) is 44.4 Å². The fourth-order valence-corrected chi connectivity index (χ4v) is 4.84. The third-order valence-electron chi connectivity index (χ3n) is 4.55. The maximum Gasteiger partial charge on any atom is 0.266 e. The highest BCUT2D eigenvalue weighted by Gasteiger charge is 2.26. The summed E-state index contributed by atoms with van der Waals surface area (Å²) in [6.07, 6.45) is 5.19. The van der Waals surface area contributed by atoms with E-state index in [-0.39, 0.29) is 16.2 Å². The van der Waals surface area contributed by atoms with Gasteiger partial charge < -0.3 is 16.4 Å². The lowest BCUT2D eigenvalue weighted by molar-refractivity contribution is 0.285. The molecule has 0 saturated heterocycles. The van der Waals surface area contributed by atoms with Crippen molar-refractivity contribution in [2.45, 2.75) is 42.7 Å². The smallest absolute Gasteiger partial charge is 0.266 e. The topological polar surface area (TPSA) is 122 Å². The van der Waals surface area contributed by atoms with Gasteiger partial charge in [0.25, 0.3) is 10.0 Å². The minimum absolute atomic E-state index is 0.0502. The van der Waals surface area contributed by atoms with Crippen LogP contribution in [0, 0.1) is 5.82 Å². The molecule has 1 aliphatic carbocycles. The largest absolute Gasteiger partial charge is 0.384 e. The molecular formula is C16H22ClFN6O2S2. The molecule has 28 heavy (non-hydrogen) atoms. The summed E-state index contributed by atoms with van der Waals surface area (Å²) in [5.41, 5.74) is 6.22. The maximum absolute atomic E-state index is 14.4. The third kappa shape index (κ3) is 5.29. The van der Waals surface area contributed by atoms with Gasteiger partial charge in [-0.25, -0.2) is 17.8 Å². The van der Waals surface area contributed by atoms with Gasteiger partial charge in [0.15, 0.2) is 0 Å². The van der Waals surface area contributed by atoms with Crippen LogP contribution in [0.1, 0.15) is 25.7 Å². The zero-order chi connectivity index (χ0) is 20.1. The Kier molecular flexibility index (Phi) is 7.05. The van der Waals surface area contributed by atoms with Crippen LogP contribution in [-0.2, 0) is 10.0 Å². The van der Waals surface area contributed by atoms with E-state index in [0.717, 1.165) is 55.9 Å². The van der Waals surface area contributed by atoms with Crippen molar-refractivity contribution in [2.24, 2.45) is 5.73 Å². The number of anilines is 2. The Balaban J connectivity index is 1.51. The number of halogens is 2. The van der Waals surface area contributed by atoms with Gasteiger partial charge in [-0.1, -0.05) is 11.6 Å². The molecule has 1 aromatic heterocycles. The number of aromatic nitrogens is 2. The van der Waals surface area contributed by atoms with Crippen molar-refractivity contribution in [1.82, 2.24) is 14.7 Å². The highest BCUT2D eigenvalue weighted by Crippen LogP contribution is 2.29. The first-order valence-electron chi connectivity index (χ1n) is 8.88. The van der Waals surface area contributed by atoms with Crippen molar-refractivity contribution in [3.63, 3.8) is 0 Å². The predicted octanol–water partition coefficient (Wildman–Crippen LogP) is 2.40. The Morgan fingerprint density at radius 2 is 2.07 bits per heavy atom. The number of sulfonamides is 1. The van der Waals surface area contributed by atoms with E-state index in [1.54, 1.807) is 0 Å². The second-order valence-corrected chi connectivity index (χ2v) is 9.39. The molecule has 5 N–H and O–H groups in total. The number of rotatable bonds is 10. The van der Waals surface area contributed by atoms with Crippen molar-refractivity contribution in [3.05, 3.63) is 29.3 Å². The minimum atomic E-state index is -4.14. The number of benzene rings is 1. The van der Waals surface area contributed by atoms with E-state index in [4.69, 9.17) is 17.3 Å². The summed E-state index contributed by atoms with van der Waals surface area (Å²) in [5, 5.41) is 6.62. The highest BCUT2D eigenvalue weighted by atomic mass is 35.5. The summed E-state index contributed by atoms with van der Waals surface area (Å²) in [5.74, 6) is -0.899.